The number of hydrogen-bond acceptors (Lipinski definition) is 3. The van der Waals surface area contributed by atoms with Crippen LogP contribution in [0.15, 0.2) is 78.9 Å². The van der Waals surface area contributed by atoms with Crippen LogP contribution in [0.1, 0.15) is 45.5 Å². The van der Waals surface area contributed by atoms with Crippen LogP contribution in [0.2, 0.25) is 0 Å². The largest absolute Gasteiger partial charge is 0.372 e. The second-order valence-corrected chi connectivity index (χ2v) is 7.79. The van der Waals surface area contributed by atoms with Gasteiger partial charge in [-0.2, -0.15) is 0 Å². The number of amides is 2. The van der Waals surface area contributed by atoms with E-state index in [2.05, 4.69) is 27.7 Å². The average molecular weight is 414 g/mol. The van der Waals surface area contributed by atoms with Crippen molar-refractivity contribution in [2.24, 2.45) is 0 Å². The van der Waals surface area contributed by atoms with Gasteiger partial charge in [-0.05, 0) is 73.4 Å². The monoisotopic (exact) mass is 413 g/mol. The first-order valence-electron chi connectivity index (χ1n) is 10.8. The second-order valence-electron chi connectivity index (χ2n) is 7.79. The van der Waals surface area contributed by atoms with Gasteiger partial charge in [-0.3, -0.25) is 9.59 Å². The molecule has 1 aliphatic heterocycles. The number of benzene rings is 3. The highest BCUT2D eigenvalue weighted by Crippen LogP contribution is 2.22. The van der Waals surface area contributed by atoms with Gasteiger partial charge in [0, 0.05) is 42.1 Å². The van der Waals surface area contributed by atoms with Gasteiger partial charge in [0.2, 0.25) is 0 Å². The molecule has 0 aromatic heterocycles. The molecule has 3 aromatic carbocycles. The van der Waals surface area contributed by atoms with E-state index < -0.39 is 0 Å². The van der Waals surface area contributed by atoms with Gasteiger partial charge in [0.15, 0.2) is 0 Å². The lowest BCUT2D eigenvalue weighted by atomic mass is 10.1. The van der Waals surface area contributed by atoms with Crippen LogP contribution in [0.25, 0.3) is 0 Å². The number of anilines is 2. The van der Waals surface area contributed by atoms with Crippen molar-refractivity contribution in [3.05, 3.63) is 95.6 Å². The molecule has 0 spiro atoms. The molecular formula is C26H27N3O2. The third-order valence-corrected chi connectivity index (χ3v) is 5.55. The van der Waals surface area contributed by atoms with E-state index in [1.165, 1.54) is 24.9 Å². The van der Waals surface area contributed by atoms with Crippen molar-refractivity contribution >= 4 is 23.2 Å². The molecule has 31 heavy (non-hydrogen) atoms. The molecule has 4 rings (SSSR count). The lowest BCUT2D eigenvalue weighted by molar-refractivity contribution is 0.0949. The van der Waals surface area contributed by atoms with Crippen LogP contribution in [-0.4, -0.2) is 24.9 Å². The van der Waals surface area contributed by atoms with Crippen molar-refractivity contribution in [3.63, 3.8) is 0 Å². The fourth-order valence-corrected chi connectivity index (χ4v) is 3.76. The fraction of sp³-hybridized carbons (Fsp3) is 0.231. The standard InChI is InChI=1S/C26H27N3O2/c30-25(21-7-3-1-4-8-21)27-19-20-9-11-22(12-10-20)26(31)28-23-13-15-24(16-14-23)29-17-5-2-6-18-29/h1,3-4,7-16H,2,5-6,17-19H2,(H,27,30)(H,28,31). The fourth-order valence-electron chi connectivity index (χ4n) is 3.76. The summed E-state index contributed by atoms with van der Waals surface area (Å²) in [6.45, 7) is 2.61. The predicted octanol–water partition coefficient (Wildman–Crippen LogP) is 4.86. The SMILES string of the molecule is O=C(NCc1ccc(C(=O)Nc2ccc(N3CCCCC3)cc2)cc1)c1ccccc1. The van der Waals surface area contributed by atoms with Gasteiger partial charge in [-0.1, -0.05) is 30.3 Å². The number of carbonyl (C=O) groups excluding carboxylic acids is 2. The Morgan fingerprint density at radius 3 is 2.03 bits per heavy atom. The van der Waals surface area contributed by atoms with Crippen LogP contribution in [0.3, 0.4) is 0 Å². The molecule has 0 unspecified atom stereocenters. The summed E-state index contributed by atoms with van der Waals surface area (Å²) in [5.74, 6) is -0.263. The third-order valence-electron chi connectivity index (χ3n) is 5.55. The number of nitrogens with zero attached hydrogens (tertiary/aromatic N) is 1. The maximum Gasteiger partial charge on any atom is 0.255 e. The molecule has 1 fully saturated rings. The van der Waals surface area contributed by atoms with E-state index in [1.807, 2.05) is 42.5 Å². The molecule has 2 amide bonds. The maximum atomic E-state index is 12.6. The highest BCUT2D eigenvalue weighted by Gasteiger charge is 2.11. The normalized spacial score (nSPS) is 13.5. The summed E-state index contributed by atoms with van der Waals surface area (Å²) in [6, 6.07) is 24.4. The summed E-state index contributed by atoms with van der Waals surface area (Å²) in [4.78, 5) is 27.1. The summed E-state index contributed by atoms with van der Waals surface area (Å²) < 4.78 is 0. The van der Waals surface area contributed by atoms with Crippen LogP contribution >= 0.6 is 0 Å². The Balaban J connectivity index is 1.30. The van der Waals surface area contributed by atoms with Gasteiger partial charge >= 0.3 is 0 Å². The number of rotatable bonds is 6. The summed E-state index contributed by atoms with van der Waals surface area (Å²) in [6.07, 6.45) is 3.79. The van der Waals surface area contributed by atoms with E-state index in [9.17, 15) is 9.59 Å². The molecule has 0 radical (unpaired) electrons. The minimum atomic E-state index is -0.148. The van der Waals surface area contributed by atoms with Gasteiger partial charge in [0.1, 0.15) is 0 Å². The topological polar surface area (TPSA) is 61.4 Å². The van der Waals surface area contributed by atoms with Crippen molar-refractivity contribution in [1.82, 2.24) is 5.32 Å². The molecule has 1 saturated heterocycles. The zero-order chi connectivity index (χ0) is 21.5. The van der Waals surface area contributed by atoms with Crippen molar-refractivity contribution in [2.75, 3.05) is 23.3 Å². The number of hydrogen-bond donors (Lipinski definition) is 2. The summed E-state index contributed by atoms with van der Waals surface area (Å²) in [5, 5.41) is 5.84. The highest BCUT2D eigenvalue weighted by atomic mass is 16.2. The van der Waals surface area contributed by atoms with E-state index >= 15 is 0 Å². The minimum absolute atomic E-state index is 0.115. The Morgan fingerprint density at radius 2 is 1.35 bits per heavy atom. The Hall–Kier alpha value is -3.60. The third kappa shape index (κ3) is 5.51. The van der Waals surface area contributed by atoms with E-state index in [0.717, 1.165) is 24.3 Å². The first kappa shape index (κ1) is 20.7. The highest BCUT2D eigenvalue weighted by molar-refractivity contribution is 6.04. The Kier molecular flexibility index (Phi) is 6.62. The molecule has 2 N–H and O–H groups in total. The quantitative estimate of drug-likeness (QED) is 0.607. The molecule has 1 heterocycles. The molecule has 1 aliphatic rings. The zero-order valence-corrected chi connectivity index (χ0v) is 17.5. The lowest BCUT2D eigenvalue weighted by Crippen LogP contribution is -2.29. The van der Waals surface area contributed by atoms with Gasteiger partial charge in [0.05, 0.1) is 0 Å². The van der Waals surface area contributed by atoms with Crippen molar-refractivity contribution < 1.29 is 9.59 Å². The Morgan fingerprint density at radius 1 is 0.710 bits per heavy atom. The molecule has 0 aliphatic carbocycles. The predicted molar refractivity (Wildman–Crippen MR) is 125 cm³/mol. The smallest absolute Gasteiger partial charge is 0.255 e. The van der Waals surface area contributed by atoms with Crippen LogP contribution < -0.4 is 15.5 Å². The maximum absolute atomic E-state index is 12.6. The summed E-state index contributed by atoms with van der Waals surface area (Å²) in [5.41, 5.74) is 4.14. The molecule has 5 heteroatoms. The number of carbonyl (C=O) groups is 2. The van der Waals surface area contributed by atoms with E-state index in [-0.39, 0.29) is 11.8 Å². The van der Waals surface area contributed by atoms with Crippen molar-refractivity contribution in [3.8, 4) is 0 Å². The molecule has 5 nitrogen and oxygen atoms in total. The van der Waals surface area contributed by atoms with E-state index in [1.54, 1.807) is 24.3 Å². The zero-order valence-electron chi connectivity index (χ0n) is 17.5. The van der Waals surface area contributed by atoms with E-state index in [4.69, 9.17) is 0 Å². The molecule has 0 bridgehead atoms. The van der Waals surface area contributed by atoms with Crippen LogP contribution in [0.4, 0.5) is 11.4 Å². The molecular weight excluding hydrogens is 386 g/mol. The number of nitrogens with one attached hydrogen (secondary N) is 2. The molecule has 3 aromatic rings. The van der Waals surface area contributed by atoms with Gasteiger partial charge in [-0.25, -0.2) is 0 Å². The summed E-state index contributed by atoms with van der Waals surface area (Å²) >= 11 is 0. The van der Waals surface area contributed by atoms with Crippen LogP contribution in [0.5, 0.6) is 0 Å². The van der Waals surface area contributed by atoms with Gasteiger partial charge in [-0.15, -0.1) is 0 Å². The van der Waals surface area contributed by atoms with Crippen LogP contribution in [0, 0.1) is 0 Å². The summed E-state index contributed by atoms with van der Waals surface area (Å²) in [7, 11) is 0. The van der Waals surface area contributed by atoms with Gasteiger partial charge < -0.3 is 15.5 Å². The molecule has 0 saturated carbocycles. The molecule has 0 atom stereocenters. The second kappa shape index (κ2) is 9.94. The Labute approximate surface area is 183 Å². The first-order chi connectivity index (χ1) is 15.2. The van der Waals surface area contributed by atoms with Crippen molar-refractivity contribution in [1.29, 1.82) is 0 Å². The average Bonchev–Trinajstić information content (AvgIpc) is 2.84. The first-order valence-corrected chi connectivity index (χ1v) is 10.8. The Bertz CT molecular complexity index is 1010. The number of piperidine rings is 1. The van der Waals surface area contributed by atoms with E-state index in [0.29, 0.717) is 17.7 Å². The van der Waals surface area contributed by atoms with Crippen LogP contribution in [-0.2, 0) is 6.54 Å². The van der Waals surface area contributed by atoms with Gasteiger partial charge in [0.25, 0.3) is 11.8 Å². The minimum Gasteiger partial charge on any atom is -0.372 e. The van der Waals surface area contributed by atoms with Crippen molar-refractivity contribution in [2.45, 2.75) is 25.8 Å². The lowest BCUT2D eigenvalue weighted by Gasteiger charge is -2.28. The molecule has 158 valence electrons.